The van der Waals surface area contributed by atoms with Crippen LogP contribution >= 0.6 is 24.0 Å². The van der Waals surface area contributed by atoms with E-state index in [1.54, 1.807) is 14.0 Å². The number of aryl methyl sites for hydroxylation is 1. The average molecular weight is 460 g/mol. The summed E-state index contributed by atoms with van der Waals surface area (Å²) >= 11 is 0. The Hall–Kier alpha value is -1.91. The lowest BCUT2D eigenvalue weighted by Gasteiger charge is -2.37. The lowest BCUT2D eigenvalue weighted by molar-refractivity contribution is 0.354. The molecule has 2 heterocycles. The van der Waals surface area contributed by atoms with Crippen LogP contribution in [-0.4, -0.2) is 54.2 Å². The number of aliphatic imine (C=N–C) groups is 1. The highest BCUT2D eigenvalue weighted by atomic mass is 127. The number of hydrogen-bond donors (Lipinski definition) is 1. The maximum absolute atomic E-state index is 13.0. The Balaban J connectivity index is 0.00000225. The van der Waals surface area contributed by atoms with Gasteiger partial charge in [-0.2, -0.15) is 4.98 Å². The number of nitrogens with one attached hydrogen (secondary N) is 1. The molecule has 1 aliphatic heterocycles. The molecule has 1 saturated heterocycles. The number of hydrogen-bond acceptors (Lipinski definition) is 5. The molecule has 0 spiro atoms. The molecule has 0 aliphatic carbocycles. The number of nitrogens with zero attached hydrogens (tertiary/aromatic N) is 5. The average Bonchev–Trinajstić information content (AvgIpc) is 3.02. The zero-order chi connectivity index (χ0) is 16.9. The molecule has 1 aliphatic rings. The van der Waals surface area contributed by atoms with Gasteiger partial charge < -0.3 is 19.6 Å². The molecule has 1 fully saturated rings. The fourth-order valence-electron chi connectivity index (χ4n) is 2.73. The number of piperazine rings is 1. The van der Waals surface area contributed by atoms with E-state index in [0.29, 0.717) is 18.3 Å². The van der Waals surface area contributed by atoms with Crippen molar-refractivity contribution in [3.63, 3.8) is 0 Å². The lowest BCUT2D eigenvalue weighted by atomic mass is 10.2. The predicted molar refractivity (Wildman–Crippen MR) is 105 cm³/mol. The van der Waals surface area contributed by atoms with Crippen LogP contribution in [-0.2, 0) is 6.54 Å². The van der Waals surface area contributed by atoms with Gasteiger partial charge in [-0.1, -0.05) is 5.16 Å². The quantitative estimate of drug-likeness (QED) is 0.430. The third-order valence-corrected chi connectivity index (χ3v) is 3.95. The second kappa shape index (κ2) is 8.97. The molecule has 136 valence electrons. The molecule has 1 N–H and O–H groups in total. The van der Waals surface area contributed by atoms with Gasteiger partial charge in [0.2, 0.25) is 5.89 Å². The van der Waals surface area contributed by atoms with Gasteiger partial charge in [-0.05, 0) is 31.2 Å². The summed E-state index contributed by atoms with van der Waals surface area (Å²) < 4.78 is 18.1. The van der Waals surface area contributed by atoms with Crippen LogP contribution in [0.3, 0.4) is 0 Å². The van der Waals surface area contributed by atoms with Crippen LogP contribution in [0.25, 0.3) is 0 Å². The zero-order valence-electron chi connectivity index (χ0n) is 14.3. The topological polar surface area (TPSA) is 69.8 Å². The SMILES string of the molecule is CN=C(NCc1nc(C)no1)N1CCN(c2ccc(F)cc2)CC1.I. The van der Waals surface area contributed by atoms with Crippen LogP contribution in [0.15, 0.2) is 33.8 Å². The monoisotopic (exact) mass is 460 g/mol. The second-order valence-corrected chi connectivity index (χ2v) is 5.59. The fraction of sp³-hybridized carbons (Fsp3) is 0.438. The number of halogens is 2. The van der Waals surface area contributed by atoms with Crippen LogP contribution in [0.4, 0.5) is 10.1 Å². The molecule has 25 heavy (non-hydrogen) atoms. The van der Waals surface area contributed by atoms with Gasteiger partial charge in [0.15, 0.2) is 11.8 Å². The van der Waals surface area contributed by atoms with Gasteiger partial charge in [-0.25, -0.2) is 4.39 Å². The van der Waals surface area contributed by atoms with Crippen LogP contribution in [0.5, 0.6) is 0 Å². The highest BCUT2D eigenvalue weighted by molar-refractivity contribution is 14.0. The molecule has 0 bridgehead atoms. The Morgan fingerprint density at radius 3 is 2.48 bits per heavy atom. The van der Waals surface area contributed by atoms with Gasteiger partial charge >= 0.3 is 0 Å². The van der Waals surface area contributed by atoms with Crippen molar-refractivity contribution >= 4 is 35.6 Å². The first-order valence-corrected chi connectivity index (χ1v) is 7.91. The standard InChI is InChI=1S/C16H21FN6O.HI/c1-12-20-15(24-21-12)11-19-16(18-2)23-9-7-22(8-10-23)14-5-3-13(17)4-6-14;/h3-6H,7-11H2,1-2H3,(H,18,19);1H. The van der Waals surface area contributed by atoms with Crippen molar-refractivity contribution in [1.82, 2.24) is 20.4 Å². The number of guanidine groups is 1. The molecular weight excluding hydrogens is 438 g/mol. The minimum absolute atomic E-state index is 0. The van der Waals surface area contributed by atoms with Crippen molar-refractivity contribution in [2.24, 2.45) is 4.99 Å². The number of aromatic nitrogens is 2. The molecule has 0 saturated carbocycles. The van der Waals surface area contributed by atoms with Gasteiger partial charge in [0.1, 0.15) is 5.82 Å². The third-order valence-electron chi connectivity index (χ3n) is 3.95. The highest BCUT2D eigenvalue weighted by Crippen LogP contribution is 2.17. The summed E-state index contributed by atoms with van der Waals surface area (Å²) in [4.78, 5) is 12.9. The highest BCUT2D eigenvalue weighted by Gasteiger charge is 2.20. The van der Waals surface area contributed by atoms with Crippen LogP contribution < -0.4 is 10.2 Å². The molecule has 0 unspecified atom stereocenters. The van der Waals surface area contributed by atoms with Crippen molar-refractivity contribution in [3.8, 4) is 0 Å². The van der Waals surface area contributed by atoms with E-state index in [1.807, 2.05) is 12.1 Å². The second-order valence-electron chi connectivity index (χ2n) is 5.59. The fourth-order valence-corrected chi connectivity index (χ4v) is 2.73. The Kier molecular flexibility index (Phi) is 6.97. The van der Waals surface area contributed by atoms with Crippen LogP contribution in [0.1, 0.15) is 11.7 Å². The van der Waals surface area contributed by atoms with Crippen molar-refractivity contribution in [2.45, 2.75) is 13.5 Å². The lowest BCUT2D eigenvalue weighted by Crippen LogP contribution is -2.52. The third kappa shape index (κ3) is 5.03. The normalized spacial score (nSPS) is 15.1. The smallest absolute Gasteiger partial charge is 0.246 e. The van der Waals surface area contributed by atoms with Crippen LogP contribution in [0, 0.1) is 12.7 Å². The predicted octanol–water partition coefficient (Wildman–Crippen LogP) is 2.03. The van der Waals surface area contributed by atoms with Crippen molar-refractivity contribution in [3.05, 3.63) is 41.8 Å². The molecule has 9 heteroatoms. The molecule has 0 radical (unpaired) electrons. The maximum Gasteiger partial charge on any atom is 0.246 e. The molecule has 1 aromatic heterocycles. The number of anilines is 1. The summed E-state index contributed by atoms with van der Waals surface area (Å²) in [5.74, 6) is 1.76. The minimum Gasteiger partial charge on any atom is -0.368 e. The Bertz CT molecular complexity index is 697. The van der Waals surface area contributed by atoms with Gasteiger partial charge in [0.05, 0.1) is 6.54 Å². The molecule has 0 amide bonds. The Morgan fingerprint density at radius 2 is 1.92 bits per heavy atom. The summed E-state index contributed by atoms with van der Waals surface area (Å²) in [6.45, 7) is 5.61. The van der Waals surface area contributed by atoms with E-state index in [0.717, 1.165) is 37.8 Å². The first-order valence-electron chi connectivity index (χ1n) is 7.91. The van der Waals surface area contributed by atoms with E-state index >= 15 is 0 Å². The number of rotatable bonds is 3. The maximum atomic E-state index is 13.0. The van der Waals surface area contributed by atoms with E-state index in [9.17, 15) is 4.39 Å². The largest absolute Gasteiger partial charge is 0.368 e. The van der Waals surface area contributed by atoms with Crippen molar-refractivity contribution in [2.75, 3.05) is 38.1 Å². The van der Waals surface area contributed by atoms with Gasteiger partial charge in [0, 0.05) is 38.9 Å². The van der Waals surface area contributed by atoms with Crippen molar-refractivity contribution in [1.29, 1.82) is 0 Å². The molecule has 1 aromatic carbocycles. The first kappa shape index (κ1) is 19.4. The Labute approximate surface area is 163 Å². The molecule has 0 atom stereocenters. The zero-order valence-corrected chi connectivity index (χ0v) is 16.6. The Morgan fingerprint density at radius 1 is 1.24 bits per heavy atom. The van der Waals surface area contributed by atoms with Gasteiger partial charge in [-0.3, -0.25) is 4.99 Å². The molecule has 3 rings (SSSR count). The molecule has 2 aromatic rings. The van der Waals surface area contributed by atoms with E-state index < -0.39 is 0 Å². The van der Waals surface area contributed by atoms with E-state index in [4.69, 9.17) is 4.52 Å². The first-order chi connectivity index (χ1) is 11.7. The summed E-state index contributed by atoms with van der Waals surface area (Å²) in [5, 5.41) is 7.01. The molecule has 7 nitrogen and oxygen atoms in total. The summed E-state index contributed by atoms with van der Waals surface area (Å²) in [7, 11) is 1.76. The number of benzene rings is 1. The molecular formula is C16H22FIN6O. The van der Waals surface area contributed by atoms with Gasteiger partial charge in [0.25, 0.3) is 0 Å². The summed E-state index contributed by atoms with van der Waals surface area (Å²) in [6.07, 6.45) is 0. The van der Waals surface area contributed by atoms with E-state index in [1.165, 1.54) is 12.1 Å². The summed E-state index contributed by atoms with van der Waals surface area (Å²) in [6, 6.07) is 6.62. The van der Waals surface area contributed by atoms with Crippen molar-refractivity contribution < 1.29 is 8.91 Å². The summed E-state index contributed by atoms with van der Waals surface area (Å²) in [5.41, 5.74) is 1.04. The van der Waals surface area contributed by atoms with Crippen LogP contribution in [0.2, 0.25) is 0 Å². The van der Waals surface area contributed by atoms with E-state index in [2.05, 4.69) is 30.2 Å². The van der Waals surface area contributed by atoms with Gasteiger partial charge in [-0.15, -0.1) is 24.0 Å². The minimum atomic E-state index is -0.210. The van der Waals surface area contributed by atoms with E-state index in [-0.39, 0.29) is 29.8 Å².